The number of hydrogen-bond donors (Lipinski definition) is 0. The molecule has 0 aliphatic carbocycles. The van der Waals surface area contributed by atoms with Crippen LogP contribution in [0.1, 0.15) is 46.5 Å². The van der Waals surface area contributed by atoms with Gasteiger partial charge in [0.05, 0.1) is 0 Å². The first-order chi connectivity index (χ1) is 9.35. The summed E-state index contributed by atoms with van der Waals surface area (Å²) in [7, 11) is 0. The molecular weight excluding hydrogens is 259 g/mol. The number of rotatable bonds is 1. The van der Waals surface area contributed by atoms with E-state index in [1.165, 1.54) is 0 Å². The zero-order chi connectivity index (χ0) is 14.8. The van der Waals surface area contributed by atoms with E-state index >= 15 is 0 Å². The van der Waals surface area contributed by atoms with E-state index < -0.39 is 11.8 Å². The first kappa shape index (κ1) is 15.5. The van der Waals surface area contributed by atoms with Crippen molar-refractivity contribution in [2.24, 2.45) is 0 Å². The number of alkyl halides is 1. The highest BCUT2D eigenvalue weighted by Crippen LogP contribution is 2.23. The molecule has 2 saturated heterocycles. The highest BCUT2D eigenvalue weighted by atomic mass is 19.1. The lowest BCUT2D eigenvalue weighted by atomic mass is 9.99. The molecule has 2 fully saturated rings. The molecular formula is C15H27FN2O2. The lowest BCUT2D eigenvalue weighted by Gasteiger charge is -2.41. The Morgan fingerprint density at radius 1 is 1.15 bits per heavy atom. The first-order valence-electron chi connectivity index (χ1n) is 7.71. The lowest BCUT2D eigenvalue weighted by Crippen LogP contribution is -2.50. The van der Waals surface area contributed by atoms with E-state index in [9.17, 15) is 9.18 Å². The fourth-order valence-corrected chi connectivity index (χ4v) is 3.02. The van der Waals surface area contributed by atoms with Gasteiger partial charge in [-0.05, 0) is 53.0 Å². The predicted molar refractivity (Wildman–Crippen MR) is 76.5 cm³/mol. The molecule has 2 aliphatic heterocycles. The summed E-state index contributed by atoms with van der Waals surface area (Å²) in [5, 5.41) is 0. The Morgan fingerprint density at radius 3 is 2.35 bits per heavy atom. The molecule has 2 rings (SSSR count). The third kappa shape index (κ3) is 4.33. The average Bonchev–Trinajstić information content (AvgIpc) is 2.37. The summed E-state index contributed by atoms with van der Waals surface area (Å²) < 4.78 is 18.8. The van der Waals surface area contributed by atoms with Gasteiger partial charge in [-0.1, -0.05) is 0 Å². The largest absolute Gasteiger partial charge is 0.444 e. The van der Waals surface area contributed by atoms with Crippen molar-refractivity contribution in [2.75, 3.05) is 26.2 Å². The van der Waals surface area contributed by atoms with E-state index in [0.29, 0.717) is 32.1 Å². The maximum absolute atomic E-state index is 13.5. The SMILES string of the molecule is CC(C)(C)OC(=O)N1CCC(N2CCCC(F)C2)CC1. The molecule has 116 valence electrons. The van der Waals surface area contributed by atoms with Gasteiger partial charge in [-0.15, -0.1) is 0 Å². The fourth-order valence-electron chi connectivity index (χ4n) is 3.02. The van der Waals surface area contributed by atoms with E-state index in [-0.39, 0.29) is 6.09 Å². The smallest absolute Gasteiger partial charge is 0.410 e. The zero-order valence-corrected chi connectivity index (χ0v) is 12.9. The number of hydrogen-bond acceptors (Lipinski definition) is 3. The summed E-state index contributed by atoms with van der Waals surface area (Å²) in [6, 6.07) is 0.423. The summed E-state index contributed by atoms with van der Waals surface area (Å²) in [5.41, 5.74) is -0.442. The second-order valence-corrected chi connectivity index (χ2v) is 6.93. The molecule has 20 heavy (non-hydrogen) atoms. The van der Waals surface area contributed by atoms with Crippen LogP contribution in [0.4, 0.5) is 9.18 Å². The maximum atomic E-state index is 13.5. The van der Waals surface area contributed by atoms with Gasteiger partial charge in [0, 0.05) is 25.7 Å². The molecule has 0 aromatic heterocycles. The molecule has 0 aromatic carbocycles. The Morgan fingerprint density at radius 2 is 1.80 bits per heavy atom. The van der Waals surface area contributed by atoms with Crippen LogP contribution in [-0.2, 0) is 4.74 Å². The van der Waals surface area contributed by atoms with Gasteiger partial charge in [-0.25, -0.2) is 9.18 Å². The summed E-state index contributed by atoms with van der Waals surface area (Å²) >= 11 is 0. The Kier molecular flexibility index (Phi) is 4.89. The van der Waals surface area contributed by atoms with E-state index in [4.69, 9.17) is 4.74 Å². The molecule has 4 nitrogen and oxygen atoms in total. The van der Waals surface area contributed by atoms with Crippen molar-refractivity contribution < 1.29 is 13.9 Å². The molecule has 2 heterocycles. The Balaban J connectivity index is 1.78. The summed E-state index contributed by atoms with van der Waals surface area (Å²) in [6.07, 6.45) is 2.60. The standard InChI is InChI=1S/C15H27FN2O2/c1-15(2,3)20-14(19)17-9-6-13(7-10-17)18-8-4-5-12(16)11-18/h12-13H,4-11H2,1-3H3. The molecule has 1 unspecified atom stereocenters. The minimum atomic E-state index is -0.673. The van der Waals surface area contributed by atoms with E-state index in [2.05, 4.69) is 4.90 Å². The van der Waals surface area contributed by atoms with Crippen LogP contribution in [0.25, 0.3) is 0 Å². The minimum Gasteiger partial charge on any atom is -0.444 e. The molecule has 1 atom stereocenters. The summed E-state index contributed by atoms with van der Waals surface area (Å²) in [4.78, 5) is 16.0. The van der Waals surface area contributed by atoms with Gasteiger partial charge >= 0.3 is 6.09 Å². The van der Waals surface area contributed by atoms with Crippen LogP contribution in [0.3, 0.4) is 0 Å². The van der Waals surface area contributed by atoms with E-state index in [1.807, 2.05) is 20.8 Å². The highest BCUT2D eigenvalue weighted by Gasteiger charge is 2.31. The quantitative estimate of drug-likeness (QED) is 0.743. The Labute approximate surface area is 121 Å². The fraction of sp³-hybridized carbons (Fsp3) is 0.933. The van der Waals surface area contributed by atoms with Gasteiger partial charge in [0.15, 0.2) is 0 Å². The van der Waals surface area contributed by atoms with Crippen LogP contribution in [-0.4, -0.2) is 59.9 Å². The summed E-state index contributed by atoms with van der Waals surface area (Å²) in [6.45, 7) is 8.64. The maximum Gasteiger partial charge on any atom is 0.410 e. The number of likely N-dealkylation sites (tertiary alicyclic amines) is 2. The normalized spacial score (nSPS) is 26.6. The van der Waals surface area contributed by atoms with E-state index in [0.717, 1.165) is 25.8 Å². The van der Waals surface area contributed by atoms with Crippen LogP contribution >= 0.6 is 0 Å². The van der Waals surface area contributed by atoms with Crippen molar-refractivity contribution in [1.29, 1.82) is 0 Å². The number of nitrogens with zero attached hydrogens (tertiary/aromatic N) is 2. The molecule has 0 bridgehead atoms. The van der Waals surface area contributed by atoms with Crippen molar-refractivity contribution >= 4 is 6.09 Å². The third-order valence-electron chi connectivity index (χ3n) is 4.03. The monoisotopic (exact) mass is 286 g/mol. The average molecular weight is 286 g/mol. The van der Waals surface area contributed by atoms with Crippen molar-refractivity contribution in [3.63, 3.8) is 0 Å². The molecule has 0 spiro atoms. The van der Waals surface area contributed by atoms with Crippen molar-refractivity contribution in [3.05, 3.63) is 0 Å². The first-order valence-corrected chi connectivity index (χ1v) is 7.71. The van der Waals surface area contributed by atoms with Gasteiger partial charge < -0.3 is 9.64 Å². The van der Waals surface area contributed by atoms with Crippen molar-refractivity contribution in [2.45, 2.75) is 64.3 Å². The molecule has 5 heteroatoms. The number of carbonyl (C=O) groups is 1. The predicted octanol–water partition coefficient (Wildman–Crippen LogP) is 2.82. The number of piperidine rings is 2. The summed E-state index contributed by atoms with van der Waals surface area (Å²) in [5.74, 6) is 0. The van der Waals surface area contributed by atoms with Crippen LogP contribution in [0.2, 0.25) is 0 Å². The van der Waals surface area contributed by atoms with Crippen LogP contribution < -0.4 is 0 Å². The Hall–Kier alpha value is -0.840. The van der Waals surface area contributed by atoms with Gasteiger partial charge in [0.2, 0.25) is 0 Å². The van der Waals surface area contributed by atoms with Gasteiger partial charge in [0.1, 0.15) is 11.8 Å². The number of halogens is 1. The second-order valence-electron chi connectivity index (χ2n) is 6.93. The minimum absolute atomic E-state index is 0.224. The molecule has 2 aliphatic rings. The highest BCUT2D eigenvalue weighted by molar-refractivity contribution is 5.68. The number of amides is 1. The van der Waals surface area contributed by atoms with E-state index in [1.54, 1.807) is 4.90 Å². The molecule has 0 radical (unpaired) electrons. The topological polar surface area (TPSA) is 32.8 Å². The molecule has 0 saturated carbocycles. The van der Waals surface area contributed by atoms with Crippen molar-refractivity contribution in [1.82, 2.24) is 9.80 Å². The van der Waals surface area contributed by atoms with Crippen LogP contribution in [0.15, 0.2) is 0 Å². The van der Waals surface area contributed by atoms with Gasteiger partial charge in [-0.2, -0.15) is 0 Å². The molecule has 0 aromatic rings. The Bertz CT molecular complexity index is 335. The third-order valence-corrected chi connectivity index (χ3v) is 4.03. The molecule has 1 amide bonds. The number of carbonyl (C=O) groups excluding carboxylic acids is 1. The zero-order valence-electron chi connectivity index (χ0n) is 12.9. The lowest BCUT2D eigenvalue weighted by molar-refractivity contribution is 0.00963. The number of ether oxygens (including phenoxy) is 1. The molecule has 0 N–H and O–H groups in total. The van der Waals surface area contributed by atoms with Gasteiger partial charge in [-0.3, -0.25) is 4.90 Å². The van der Waals surface area contributed by atoms with Gasteiger partial charge in [0.25, 0.3) is 0 Å². The van der Waals surface area contributed by atoms with Crippen molar-refractivity contribution in [3.8, 4) is 0 Å². The van der Waals surface area contributed by atoms with Crippen LogP contribution in [0.5, 0.6) is 0 Å². The van der Waals surface area contributed by atoms with Crippen LogP contribution in [0, 0.1) is 0 Å². The second kappa shape index (κ2) is 6.29.